The van der Waals surface area contributed by atoms with E-state index in [0.717, 1.165) is 5.69 Å². The number of likely N-dealkylation sites (N-methyl/N-ethyl adjacent to an activating group) is 1. The van der Waals surface area contributed by atoms with Crippen molar-refractivity contribution < 1.29 is 4.79 Å². The van der Waals surface area contributed by atoms with E-state index in [-0.39, 0.29) is 5.78 Å². The maximum Gasteiger partial charge on any atom is 0.178 e. The number of nitrogens with zero attached hydrogens (tertiary/aromatic N) is 1. The summed E-state index contributed by atoms with van der Waals surface area (Å²) < 4.78 is 0. The average molecular weight is 164 g/mol. The van der Waals surface area contributed by atoms with Crippen LogP contribution in [0, 0.1) is 6.92 Å². The summed E-state index contributed by atoms with van der Waals surface area (Å²) in [5, 5.41) is 2.82. The second-order valence-electron chi connectivity index (χ2n) is 2.59. The number of carbonyl (C=O) groups is 1. The third kappa shape index (κ3) is 1.89. The smallest absolute Gasteiger partial charge is 0.178 e. The molecule has 0 amide bonds. The van der Waals surface area contributed by atoms with Crippen LogP contribution in [0.4, 0.5) is 0 Å². The Bertz CT molecular complexity index is 284. The highest BCUT2D eigenvalue weighted by Gasteiger charge is 2.06. The van der Waals surface area contributed by atoms with Crippen LogP contribution in [0.15, 0.2) is 18.3 Å². The molecule has 0 aliphatic carbocycles. The fourth-order valence-corrected chi connectivity index (χ4v) is 1.03. The minimum atomic E-state index is 0.0862. The number of pyridine rings is 1. The van der Waals surface area contributed by atoms with Crippen molar-refractivity contribution in [1.82, 2.24) is 10.3 Å². The van der Waals surface area contributed by atoms with E-state index in [9.17, 15) is 4.79 Å². The van der Waals surface area contributed by atoms with Gasteiger partial charge < -0.3 is 5.32 Å². The monoisotopic (exact) mass is 164 g/mol. The first-order chi connectivity index (χ1) is 5.75. The number of ketones is 1. The summed E-state index contributed by atoms with van der Waals surface area (Å²) in [5.74, 6) is 0.0862. The molecule has 0 radical (unpaired) electrons. The van der Waals surface area contributed by atoms with Crippen LogP contribution < -0.4 is 5.32 Å². The van der Waals surface area contributed by atoms with Crippen LogP contribution in [0.2, 0.25) is 0 Å². The molecule has 0 aliphatic rings. The molecule has 0 spiro atoms. The first-order valence-electron chi connectivity index (χ1n) is 3.85. The summed E-state index contributed by atoms with van der Waals surface area (Å²) in [5.41, 5.74) is 1.49. The molecule has 1 heterocycles. The molecule has 3 nitrogen and oxygen atoms in total. The second kappa shape index (κ2) is 3.97. The number of nitrogens with one attached hydrogen (secondary N) is 1. The minimum absolute atomic E-state index is 0.0862. The first kappa shape index (κ1) is 8.87. The highest BCUT2D eigenvalue weighted by atomic mass is 16.1. The molecule has 12 heavy (non-hydrogen) atoms. The Hall–Kier alpha value is -1.22. The van der Waals surface area contributed by atoms with E-state index in [2.05, 4.69) is 10.3 Å². The van der Waals surface area contributed by atoms with Gasteiger partial charge >= 0.3 is 0 Å². The highest BCUT2D eigenvalue weighted by molar-refractivity contribution is 5.98. The van der Waals surface area contributed by atoms with E-state index in [1.54, 1.807) is 25.4 Å². The molecule has 1 aromatic heterocycles. The zero-order valence-corrected chi connectivity index (χ0v) is 7.29. The van der Waals surface area contributed by atoms with Gasteiger partial charge in [0.1, 0.15) is 0 Å². The lowest BCUT2D eigenvalue weighted by molar-refractivity contribution is 0.0992. The predicted molar refractivity (Wildman–Crippen MR) is 47.2 cm³/mol. The SMILES string of the molecule is CNCC(=O)c1cccnc1C. The normalized spacial score (nSPS) is 9.83. The van der Waals surface area contributed by atoms with Crippen molar-refractivity contribution in [3.8, 4) is 0 Å². The Morgan fingerprint density at radius 1 is 1.67 bits per heavy atom. The van der Waals surface area contributed by atoms with Gasteiger partial charge in [0.05, 0.1) is 6.54 Å². The van der Waals surface area contributed by atoms with Gasteiger partial charge in [0.15, 0.2) is 5.78 Å². The summed E-state index contributed by atoms with van der Waals surface area (Å²) >= 11 is 0. The molecular formula is C9H12N2O. The number of carbonyl (C=O) groups excluding carboxylic acids is 1. The standard InChI is InChI=1S/C9H12N2O/c1-7-8(4-3-5-11-7)9(12)6-10-2/h3-5,10H,6H2,1-2H3. The third-order valence-corrected chi connectivity index (χ3v) is 1.64. The van der Waals surface area contributed by atoms with Crippen LogP contribution in [0.25, 0.3) is 0 Å². The van der Waals surface area contributed by atoms with Crippen LogP contribution in [-0.2, 0) is 0 Å². The van der Waals surface area contributed by atoms with E-state index in [4.69, 9.17) is 0 Å². The summed E-state index contributed by atoms with van der Waals surface area (Å²) in [6.07, 6.45) is 1.69. The zero-order chi connectivity index (χ0) is 8.97. The van der Waals surface area contributed by atoms with Crippen LogP contribution in [0.1, 0.15) is 16.1 Å². The average Bonchev–Trinajstić information content (AvgIpc) is 2.05. The van der Waals surface area contributed by atoms with Crippen molar-refractivity contribution in [3.05, 3.63) is 29.6 Å². The van der Waals surface area contributed by atoms with Crippen molar-refractivity contribution in [3.63, 3.8) is 0 Å². The van der Waals surface area contributed by atoms with E-state index in [1.165, 1.54) is 0 Å². The predicted octanol–water partition coefficient (Wildman–Crippen LogP) is 0.792. The quantitative estimate of drug-likeness (QED) is 0.672. The molecule has 1 rings (SSSR count). The Balaban J connectivity index is 2.87. The Kier molecular flexibility index (Phi) is 2.94. The second-order valence-corrected chi connectivity index (χ2v) is 2.59. The number of aromatic nitrogens is 1. The molecular weight excluding hydrogens is 152 g/mol. The molecule has 0 saturated carbocycles. The number of Topliss-reactive ketones (excluding diaryl/α,β-unsaturated/α-hetero) is 1. The van der Waals surface area contributed by atoms with E-state index in [1.807, 2.05) is 6.92 Å². The molecule has 0 aliphatic heterocycles. The van der Waals surface area contributed by atoms with Crippen molar-refractivity contribution in [2.45, 2.75) is 6.92 Å². The van der Waals surface area contributed by atoms with Crippen molar-refractivity contribution in [2.24, 2.45) is 0 Å². The summed E-state index contributed by atoms with van der Waals surface area (Å²) in [7, 11) is 1.75. The van der Waals surface area contributed by atoms with Gasteiger partial charge in [0.25, 0.3) is 0 Å². The number of aryl methyl sites for hydroxylation is 1. The largest absolute Gasteiger partial charge is 0.313 e. The Morgan fingerprint density at radius 2 is 2.42 bits per heavy atom. The Morgan fingerprint density at radius 3 is 3.00 bits per heavy atom. The molecule has 0 atom stereocenters. The van der Waals surface area contributed by atoms with Crippen LogP contribution in [0.3, 0.4) is 0 Å². The lowest BCUT2D eigenvalue weighted by Crippen LogP contribution is -2.19. The van der Waals surface area contributed by atoms with Gasteiger partial charge in [-0.3, -0.25) is 9.78 Å². The molecule has 0 unspecified atom stereocenters. The van der Waals surface area contributed by atoms with E-state index >= 15 is 0 Å². The Labute approximate surface area is 71.8 Å². The van der Waals surface area contributed by atoms with Gasteiger partial charge in [-0.2, -0.15) is 0 Å². The summed E-state index contributed by atoms with van der Waals surface area (Å²) in [6, 6.07) is 3.57. The molecule has 1 N–H and O–H groups in total. The topological polar surface area (TPSA) is 42.0 Å². The van der Waals surface area contributed by atoms with Gasteiger partial charge in [-0.25, -0.2) is 0 Å². The van der Waals surface area contributed by atoms with Gasteiger partial charge in [-0.05, 0) is 26.1 Å². The number of hydrogen-bond donors (Lipinski definition) is 1. The van der Waals surface area contributed by atoms with Crippen molar-refractivity contribution >= 4 is 5.78 Å². The molecule has 64 valence electrons. The fraction of sp³-hybridized carbons (Fsp3) is 0.333. The maximum atomic E-state index is 11.4. The maximum absolute atomic E-state index is 11.4. The van der Waals surface area contributed by atoms with Gasteiger partial charge in [0.2, 0.25) is 0 Å². The molecule has 0 fully saturated rings. The van der Waals surface area contributed by atoms with E-state index in [0.29, 0.717) is 12.1 Å². The molecule has 3 heteroatoms. The first-order valence-corrected chi connectivity index (χ1v) is 3.85. The van der Waals surface area contributed by atoms with Crippen molar-refractivity contribution in [1.29, 1.82) is 0 Å². The van der Waals surface area contributed by atoms with E-state index < -0.39 is 0 Å². The van der Waals surface area contributed by atoms with Crippen LogP contribution >= 0.6 is 0 Å². The summed E-state index contributed by atoms with van der Waals surface area (Å²) in [6.45, 7) is 2.20. The van der Waals surface area contributed by atoms with Crippen LogP contribution in [0.5, 0.6) is 0 Å². The molecule has 0 aromatic carbocycles. The fourth-order valence-electron chi connectivity index (χ4n) is 1.03. The van der Waals surface area contributed by atoms with Gasteiger partial charge in [-0.1, -0.05) is 0 Å². The summed E-state index contributed by atoms with van der Waals surface area (Å²) in [4.78, 5) is 15.4. The zero-order valence-electron chi connectivity index (χ0n) is 7.29. The number of rotatable bonds is 3. The highest BCUT2D eigenvalue weighted by Crippen LogP contribution is 2.03. The lowest BCUT2D eigenvalue weighted by atomic mass is 10.1. The molecule has 0 bridgehead atoms. The van der Waals surface area contributed by atoms with Crippen LogP contribution in [-0.4, -0.2) is 24.4 Å². The van der Waals surface area contributed by atoms with Crippen molar-refractivity contribution in [2.75, 3.05) is 13.6 Å². The van der Waals surface area contributed by atoms with Gasteiger partial charge in [0, 0.05) is 17.5 Å². The third-order valence-electron chi connectivity index (χ3n) is 1.64. The molecule has 1 aromatic rings. The minimum Gasteiger partial charge on any atom is -0.313 e. The molecule has 0 saturated heterocycles. The van der Waals surface area contributed by atoms with Gasteiger partial charge in [-0.15, -0.1) is 0 Å². The number of hydrogen-bond acceptors (Lipinski definition) is 3. The lowest BCUT2D eigenvalue weighted by Gasteiger charge is -2.01.